The predicted octanol–water partition coefficient (Wildman–Crippen LogP) is 1.96. The Morgan fingerprint density at radius 2 is 2.29 bits per heavy atom. The SMILES string of the molecule is CC(C)(C#N)Oc1cnn(C(F)F)c1. The first-order chi connectivity index (χ1) is 6.44. The number of ether oxygens (including phenoxy) is 1. The number of aromatic nitrogens is 2. The van der Waals surface area contributed by atoms with Gasteiger partial charge in [-0.3, -0.25) is 0 Å². The van der Waals surface area contributed by atoms with E-state index in [1.165, 1.54) is 13.8 Å². The van der Waals surface area contributed by atoms with Crippen LogP contribution in [0.1, 0.15) is 20.4 Å². The van der Waals surface area contributed by atoms with Gasteiger partial charge in [0.2, 0.25) is 0 Å². The van der Waals surface area contributed by atoms with Crippen LogP contribution >= 0.6 is 0 Å². The van der Waals surface area contributed by atoms with E-state index in [4.69, 9.17) is 10.00 Å². The Labute approximate surface area is 79.7 Å². The van der Waals surface area contributed by atoms with E-state index < -0.39 is 12.2 Å². The third-order valence-electron chi connectivity index (χ3n) is 1.42. The van der Waals surface area contributed by atoms with Crippen molar-refractivity contribution >= 4 is 0 Å². The maximum Gasteiger partial charge on any atom is 0.333 e. The molecule has 6 heteroatoms. The summed E-state index contributed by atoms with van der Waals surface area (Å²) in [5, 5.41) is 12.0. The lowest BCUT2D eigenvalue weighted by Gasteiger charge is -2.15. The van der Waals surface area contributed by atoms with Crippen LogP contribution in [-0.2, 0) is 0 Å². The van der Waals surface area contributed by atoms with Crippen LogP contribution in [0, 0.1) is 11.3 Å². The zero-order chi connectivity index (χ0) is 10.8. The average Bonchev–Trinajstić information content (AvgIpc) is 2.52. The largest absolute Gasteiger partial charge is 0.470 e. The summed E-state index contributed by atoms with van der Waals surface area (Å²) in [6.07, 6.45) is 2.19. The molecule has 0 aliphatic heterocycles. The Kier molecular flexibility index (Phi) is 2.70. The Balaban J connectivity index is 2.75. The molecule has 0 saturated carbocycles. The highest BCUT2D eigenvalue weighted by Gasteiger charge is 2.20. The molecule has 1 aromatic heterocycles. The van der Waals surface area contributed by atoms with Crippen LogP contribution in [-0.4, -0.2) is 15.4 Å². The summed E-state index contributed by atoms with van der Waals surface area (Å²) in [6.45, 7) is 0.372. The Morgan fingerprint density at radius 3 is 2.71 bits per heavy atom. The second-order valence-electron chi connectivity index (χ2n) is 3.16. The fourth-order valence-corrected chi connectivity index (χ4v) is 0.797. The topological polar surface area (TPSA) is 50.8 Å². The zero-order valence-corrected chi connectivity index (χ0v) is 7.74. The molecule has 1 aromatic rings. The first kappa shape index (κ1) is 10.4. The van der Waals surface area contributed by atoms with Crippen LogP contribution in [0.5, 0.6) is 5.75 Å². The minimum Gasteiger partial charge on any atom is -0.470 e. The molecular formula is C8H9F2N3O. The van der Waals surface area contributed by atoms with Crippen molar-refractivity contribution < 1.29 is 13.5 Å². The Hall–Kier alpha value is -1.64. The molecule has 0 spiro atoms. The van der Waals surface area contributed by atoms with Crippen LogP contribution in [0.3, 0.4) is 0 Å². The van der Waals surface area contributed by atoms with Crippen molar-refractivity contribution in [2.24, 2.45) is 0 Å². The van der Waals surface area contributed by atoms with E-state index in [2.05, 4.69) is 5.10 Å². The maximum absolute atomic E-state index is 12.1. The van der Waals surface area contributed by atoms with Crippen molar-refractivity contribution in [3.63, 3.8) is 0 Å². The average molecular weight is 201 g/mol. The van der Waals surface area contributed by atoms with Gasteiger partial charge < -0.3 is 4.74 Å². The lowest BCUT2D eigenvalue weighted by Crippen LogP contribution is -2.25. The predicted molar refractivity (Wildman–Crippen MR) is 43.8 cm³/mol. The van der Waals surface area contributed by atoms with E-state index in [-0.39, 0.29) is 5.75 Å². The first-order valence-electron chi connectivity index (χ1n) is 3.87. The Morgan fingerprint density at radius 1 is 1.64 bits per heavy atom. The van der Waals surface area contributed by atoms with Crippen molar-refractivity contribution in [2.75, 3.05) is 0 Å². The van der Waals surface area contributed by atoms with Crippen molar-refractivity contribution in [2.45, 2.75) is 26.0 Å². The van der Waals surface area contributed by atoms with Gasteiger partial charge in [0.25, 0.3) is 0 Å². The summed E-state index contributed by atoms with van der Waals surface area (Å²) in [6, 6.07) is 1.88. The molecule has 76 valence electrons. The normalized spacial score (nSPS) is 11.4. The van der Waals surface area contributed by atoms with Gasteiger partial charge in [0.15, 0.2) is 11.4 Å². The number of rotatable bonds is 3. The van der Waals surface area contributed by atoms with Gasteiger partial charge in [-0.15, -0.1) is 0 Å². The molecule has 0 saturated heterocycles. The molecule has 1 heterocycles. The molecule has 0 radical (unpaired) electrons. The minimum atomic E-state index is -2.70. The van der Waals surface area contributed by atoms with Gasteiger partial charge in [-0.2, -0.15) is 19.1 Å². The fourth-order valence-electron chi connectivity index (χ4n) is 0.797. The molecule has 4 nitrogen and oxygen atoms in total. The quantitative estimate of drug-likeness (QED) is 0.751. The van der Waals surface area contributed by atoms with Gasteiger partial charge in [-0.25, -0.2) is 4.68 Å². The molecule has 0 aromatic carbocycles. The van der Waals surface area contributed by atoms with Gasteiger partial charge in [0, 0.05) is 0 Å². The molecule has 0 fully saturated rings. The summed E-state index contributed by atoms with van der Waals surface area (Å²) in [5.74, 6) is 0.150. The zero-order valence-electron chi connectivity index (χ0n) is 7.74. The smallest absolute Gasteiger partial charge is 0.333 e. The number of halogens is 2. The summed E-state index contributed by atoms with van der Waals surface area (Å²) in [4.78, 5) is 0. The second-order valence-corrected chi connectivity index (χ2v) is 3.16. The van der Waals surface area contributed by atoms with Crippen molar-refractivity contribution in [3.05, 3.63) is 12.4 Å². The van der Waals surface area contributed by atoms with Gasteiger partial charge in [0.05, 0.1) is 12.4 Å². The van der Waals surface area contributed by atoms with Crippen LogP contribution in [0.4, 0.5) is 8.78 Å². The molecule has 0 bridgehead atoms. The highest BCUT2D eigenvalue weighted by molar-refractivity contribution is 5.15. The minimum absolute atomic E-state index is 0.150. The standard InChI is InChI=1S/C8H9F2N3O/c1-8(2,5-11)14-6-3-12-13(4-6)7(9)10/h3-4,7H,1-2H3. The van der Waals surface area contributed by atoms with E-state index in [9.17, 15) is 8.78 Å². The van der Waals surface area contributed by atoms with Gasteiger partial charge in [-0.05, 0) is 13.8 Å². The van der Waals surface area contributed by atoms with E-state index in [1.807, 2.05) is 6.07 Å². The molecule has 0 aliphatic carbocycles. The van der Waals surface area contributed by atoms with Crippen molar-refractivity contribution in [3.8, 4) is 11.8 Å². The summed E-state index contributed by atoms with van der Waals surface area (Å²) < 4.78 is 29.7. The van der Waals surface area contributed by atoms with E-state index in [1.54, 1.807) is 0 Å². The molecule has 0 aliphatic rings. The lowest BCUT2D eigenvalue weighted by atomic mass is 10.2. The van der Waals surface area contributed by atoms with Crippen LogP contribution in [0.15, 0.2) is 12.4 Å². The molecule has 0 atom stereocenters. The molecule has 14 heavy (non-hydrogen) atoms. The van der Waals surface area contributed by atoms with Gasteiger partial charge in [-0.1, -0.05) is 0 Å². The number of nitriles is 1. The molecule has 0 unspecified atom stereocenters. The Bertz CT molecular complexity index is 354. The number of alkyl halides is 2. The fraction of sp³-hybridized carbons (Fsp3) is 0.500. The number of nitrogens with zero attached hydrogens (tertiary/aromatic N) is 3. The van der Waals surface area contributed by atoms with Crippen LogP contribution in [0.25, 0.3) is 0 Å². The first-order valence-corrected chi connectivity index (χ1v) is 3.87. The van der Waals surface area contributed by atoms with Crippen molar-refractivity contribution in [1.82, 2.24) is 9.78 Å². The van der Waals surface area contributed by atoms with Crippen LogP contribution in [0.2, 0.25) is 0 Å². The van der Waals surface area contributed by atoms with Crippen molar-refractivity contribution in [1.29, 1.82) is 5.26 Å². The highest BCUT2D eigenvalue weighted by Crippen LogP contribution is 2.19. The maximum atomic E-state index is 12.1. The summed E-state index contributed by atoms with van der Waals surface area (Å²) >= 11 is 0. The molecule has 0 amide bonds. The molecule has 0 N–H and O–H groups in total. The molecular weight excluding hydrogens is 192 g/mol. The number of hydrogen-bond acceptors (Lipinski definition) is 3. The monoisotopic (exact) mass is 201 g/mol. The van der Waals surface area contributed by atoms with Crippen LogP contribution < -0.4 is 4.74 Å². The van der Waals surface area contributed by atoms with Gasteiger partial charge in [0.1, 0.15) is 6.07 Å². The van der Waals surface area contributed by atoms with E-state index in [0.29, 0.717) is 4.68 Å². The third kappa shape index (κ3) is 2.42. The molecule has 1 rings (SSSR count). The third-order valence-corrected chi connectivity index (χ3v) is 1.42. The second kappa shape index (κ2) is 3.62. The van der Waals surface area contributed by atoms with E-state index >= 15 is 0 Å². The summed E-state index contributed by atoms with van der Waals surface area (Å²) in [5.41, 5.74) is -1.05. The highest BCUT2D eigenvalue weighted by atomic mass is 19.3. The number of hydrogen-bond donors (Lipinski definition) is 0. The van der Waals surface area contributed by atoms with Gasteiger partial charge >= 0.3 is 6.55 Å². The summed E-state index contributed by atoms with van der Waals surface area (Å²) in [7, 11) is 0. The van der Waals surface area contributed by atoms with E-state index in [0.717, 1.165) is 12.4 Å². The lowest BCUT2D eigenvalue weighted by molar-refractivity contribution is 0.0559.